The van der Waals surface area contributed by atoms with Crippen LogP contribution in [0.2, 0.25) is 0 Å². The lowest BCUT2D eigenvalue weighted by atomic mass is 9.96. The van der Waals surface area contributed by atoms with Crippen LogP contribution in [0.25, 0.3) is 0 Å². The number of thioether (sulfide) groups is 1. The largest absolute Gasteiger partial charge is 0.381 e. The number of carbonyl (C=O) groups is 4. The zero-order chi connectivity index (χ0) is 32.0. The Bertz CT molecular complexity index is 1530. The Labute approximate surface area is 262 Å². The maximum Gasteiger partial charge on any atom is 0.254 e. The highest BCUT2D eigenvalue weighted by Crippen LogP contribution is 2.40. The molecule has 3 atom stereocenters. The summed E-state index contributed by atoms with van der Waals surface area (Å²) in [6.07, 6.45) is -1.45. The highest BCUT2D eigenvalue weighted by atomic mass is 32.2. The van der Waals surface area contributed by atoms with Crippen molar-refractivity contribution >= 4 is 41.1 Å². The van der Waals surface area contributed by atoms with Crippen molar-refractivity contribution in [2.75, 3.05) is 11.2 Å². The summed E-state index contributed by atoms with van der Waals surface area (Å²) in [6, 6.07) is 20.2. The molecule has 0 aliphatic carbocycles. The minimum Gasteiger partial charge on any atom is -0.381 e. The molecule has 4 amide bonds. The van der Waals surface area contributed by atoms with Crippen molar-refractivity contribution in [3.8, 4) is 0 Å². The number of aryl methyl sites for hydroxylation is 2. The Morgan fingerprint density at radius 1 is 0.977 bits per heavy atom. The smallest absolute Gasteiger partial charge is 0.254 e. The van der Waals surface area contributed by atoms with E-state index in [2.05, 4.69) is 16.0 Å². The molecular weight excluding hydrogens is 576 g/mol. The number of amides is 4. The summed E-state index contributed by atoms with van der Waals surface area (Å²) < 4.78 is -0.607. The number of nitrogens with zero attached hydrogens (tertiary/aromatic N) is 1. The van der Waals surface area contributed by atoms with E-state index in [-0.39, 0.29) is 24.1 Å². The van der Waals surface area contributed by atoms with E-state index in [0.717, 1.165) is 16.7 Å². The van der Waals surface area contributed by atoms with Gasteiger partial charge < -0.3 is 26.0 Å². The first-order valence-electron chi connectivity index (χ1n) is 14.5. The molecule has 0 aromatic heterocycles. The average molecular weight is 617 g/mol. The van der Waals surface area contributed by atoms with Gasteiger partial charge in [0.15, 0.2) is 6.10 Å². The maximum absolute atomic E-state index is 14.0. The first kappa shape index (κ1) is 32.8. The highest BCUT2D eigenvalue weighted by Gasteiger charge is 2.49. The lowest BCUT2D eigenvalue weighted by molar-refractivity contribution is -0.147. The summed E-state index contributed by atoms with van der Waals surface area (Å²) in [5.74, 6) is -1.49. The summed E-state index contributed by atoms with van der Waals surface area (Å²) in [6.45, 7) is 9.25. The van der Waals surface area contributed by atoms with Crippen LogP contribution >= 0.6 is 11.8 Å². The Hall–Kier alpha value is -4.15. The summed E-state index contributed by atoms with van der Waals surface area (Å²) in [5.41, 5.74) is 4.27. The van der Waals surface area contributed by atoms with Crippen molar-refractivity contribution in [3.05, 3.63) is 101 Å². The molecule has 0 bridgehead atoms. The number of rotatable bonds is 10. The van der Waals surface area contributed by atoms with Gasteiger partial charge in [-0.05, 0) is 68.5 Å². The minimum atomic E-state index is -1.63. The summed E-state index contributed by atoms with van der Waals surface area (Å²) in [4.78, 5) is 54.0. The monoisotopic (exact) mass is 616 g/mol. The first-order valence-corrected chi connectivity index (χ1v) is 15.5. The summed E-state index contributed by atoms with van der Waals surface area (Å²) >= 11 is 1.46. The number of carbonyl (C=O) groups excluding carboxylic acids is 4. The molecule has 1 aliphatic rings. The Balaban J connectivity index is 1.57. The molecule has 3 unspecified atom stereocenters. The van der Waals surface area contributed by atoms with Crippen LogP contribution in [-0.2, 0) is 27.3 Å². The van der Waals surface area contributed by atoms with E-state index in [9.17, 15) is 24.3 Å². The van der Waals surface area contributed by atoms with Gasteiger partial charge >= 0.3 is 0 Å². The molecule has 1 aliphatic heterocycles. The number of hydrogen-bond acceptors (Lipinski definition) is 6. The molecule has 0 radical (unpaired) electrons. The summed E-state index contributed by atoms with van der Waals surface area (Å²) in [7, 11) is 0. The average Bonchev–Trinajstić information content (AvgIpc) is 3.31. The SMILES string of the molecule is CC(=O)Nc1ccc(C)c(C(=O)NC(Cc2ccccc2)C(O)C(=O)N2CSC(C)(C)C2C(=O)NCc2ccccc2C)c1. The van der Waals surface area contributed by atoms with Crippen LogP contribution in [0.1, 0.15) is 53.4 Å². The van der Waals surface area contributed by atoms with E-state index in [1.807, 2.05) is 75.4 Å². The van der Waals surface area contributed by atoms with Crippen LogP contribution in [0.4, 0.5) is 5.69 Å². The van der Waals surface area contributed by atoms with E-state index in [0.29, 0.717) is 23.4 Å². The van der Waals surface area contributed by atoms with E-state index < -0.39 is 34.7 Å². The molecule has 9 nitrogen and oxygen atoms in total. The van der Waals surface area contributed by atoms with Crippen LogP contribution in [0.15, 0.2) is 72.8 Å². The molecule has 1 saturated heterocycles. The lowest BCUT2D eigenvalue weighted by Crippen LogP contribution is -2.58. The molecule has 0 spiro atoms. The van der Waals surface area contributed by atoms with Gasteiger partial charge in [-0.25, -0.2) is 0 Å². The second kappa shape index (κ2) is 14.1. The van der Waals surface area contributed by atoms with E-state index in [1.165, 1.54) is 23.6 Å². The zero-order valence-electron chi connectivity index (χ0n) is 25.7. The fourth-order valence-corrected chi connectivity index (χ4v) is 6.49. The van der Waals surface area contributed by atoms with Crippen molar-refractivity contribution < 1.29 is 24.3 Å². The molecule has 1 heterocycles. The topological polar surface area (TPSA) is 128 Å². The molecule has 3 aromatic carbocycles. The van der Waals surface area contributed by atoms with E-state index in [1.54, 1.807) is 25.1 Å². The number of aliphatic hydroxyl groups excluding tert-OH is 1. The maximum atomic E-state index is 14.0. The number of nitrogens with one attached hydrogen (secondary N) is 3. The van der Waals surface area contributed by atoms with Crippen LogP contribution in [-0.4, -0.2) is 62.4 Å². The molecule has 4 rings (SSSR count). The second-order valence-corrected chi connectivity index (χ2v) is 13.3. The number of anilines is 1. The minimum absolute atomic E-state index is 0.179. The van der Waals surface area contributed by atoms with Gasteiger partial charge in [0.2, 0.25) is 11.8 Å². The molecule has 44 heavy (non-hydrogen) atoms. The molecular formula is C34H40N4O5S. The molecule has 3 aromatic rings. The van der Waals surface area contributed by atoms with Gasteiger partial charge in [-0.2, -0.15) is 0 Å². The normalized spacial score (nSPS) is 17.0. The second-order valence-electron chi connectivity index (χ2n) is 11.7. The highest BCUT2D eigenvalue weighted by molar-refractivity contribution is 8.00. The van der Waals surface area contributed by atoms with Gasteiger partial charge in [0.25, 0.3) is 11.8 Å². The van der Waals surface area contributed by atoms with Crippen LogP contribution < -0.4 is 16.0 Å². The number of benzene rings is 3. The molecule has 4 N–H and O–H groups in total. The number of hydrogen-bond donors (Lipinski definition) is 4. The Morgan fingerprint density at radius 2 is 1.66 bits per heavy atom. The molecule has 10 heteroatoms. The van der Waals surface area contributed by atoms with Crippen LogP contribution in [0, 0.1) is 13.8 Å². The third kappa shape index (κ3) is 7.86. The van der Waals surface area contributed by atoms with Crippen molar-refractivity contribution in [1.82, 2.24) is 15.5 Å². The van der Waals surface area contributed by atoms with Gasteiger partial charge in [0.05, 0.1) is 11.9 Å². The fraction of sp³-hybridized carbons (Fsp3) is 0.353. The molecule has 1 fully saturated rings. The number of aliphatic hydroxyl groups is 1. The van der Waals surface area contributed by atoms with Crippen molar-refractivity contribution in [2.24, 2.45) is 0 Å². The third-order valence-corrected chi connectivity index (χ3v) is 9.22. The zero-order valence-corrected chi connectivity index (χ0v) is 26.5. The summed E-state index contributed by atoms with van der Waals surface area (Å²) in [5, 5.41) is 20.1. The van der Waals surface area contributed by atoms with Gasteiger partial charge in [-0.15, -0.1) is 11.8 Å². The van der Waals surface area contributed by atoms with Crippen molar-refractivity contribution in [3.63, 3.8) is 0 Å². The Morgan fingerprint density at radius 3 is 2.34 bits per heavy atom. The van der Waals surface area contributed by atoms with Crippen LogP contribution in [0.5, 0.6) is 0 Å². The van der Waals surface area contributed by atoms with Gasteiger partial charge in [-0.3, -0.25) is 19.2 Å². The standard InChI is InChI=1S/C34H40N4O5S/c1-21-11-9-10-14-25(21)19-35-32(42)30-34(4,5)44-20-38(30)33(43)29(40)28(17-24-12-7-6-8-13-24)37-31(41)27-18-26(36-23(3)39)16-15-22(27)2/h6-16,18,28-30,40H,17,19-20H2,1-5H3,(H,35,42)(H,36,39)(H,37,41). The van der Waals surface area contributed by atoms with E-state index >= 15 is 0 Å². The van der Waals surface area contributed by atoms with E-state index in [4.69, 9.17) is 0 Å². The predicted octanol–water partition coefficient (Wildman–Crippen LogP) is 3.96. The lowest BCUT2D eigenvalue weighted by Gasteiger charge is -2.33. The fourth-order valence-electron chi connectivity index (χ4n) is 5.35. The first-order chi connectivity index (χ1) is 20.9. The third-order valence-electron chi connectivity index (χ3n) is 7.84. The molecule has 232 valence electrons. The van der Waals surface area contributed by atoms with Gasteiger partial charge in [-0.1, -0.05) is 60.7 Å². The molecule has 0 saturated carbocycles. The van der Waals surface area contributed by atoms with Crippen molar-refractivity contribution in [1.29, 1.82) is 0 Å². The Kier molecular flexibility index (Phi) is 10.5. The van der Waals surface area contributed by atoms with Crippen molar-refractivity contribution in [2.45, 2.75) is 70.5 Å². The van der Waals surface area contributed by atoms with Gasteiger partial charge in [0, 0.05) is 29.5 Å². The predicted molar refractivity (Wildman–Crippen MR) is 173 cm³/mol. The van der Waals surface area contributed by atoms with Gasteiger partial charge in [0.1, 0.15) is 6.04 Å². The van der Waals surface area contributed by atoms with Crippen LogP contribution in [0.3, 0.4) is 0 Å². The quantitative estimate of drug-likeness (QED) is 0.273.